The van der Waals surface area contributed by atoms with E-state index in [-0.39, 0.29) is 17.1 Å². The Kier molecular flexibility index (Phi) is 5.32. The first-order chi connectivity index (χ1) is 7.65. The zero-order valence-corrected chi connectivity index (χ0v) is 10.1. The fraction of sp³-hybridized carbons (Fsp3) is 0.417. The largest absolute Gasteiger partial charge is 0.293 e. The van der Waals surface area contributed by atoms with Gasteiger partial charge >= 0.3 is 0 Å². The number of hydrogen-bond donors (Lipinski definition) is 0. The number of carbonyl (C=O) groups excluding carboxylic acids is 1. The molecule has 1 rings (SSSR count). The van der Waals surface area contributed by atoms with E-state index in [0.717, 1.165) is 12.8 Å². The van der Waals surface area contributed by atoms with Crippen LogP contribution in [0.15, 0.2) is 24.3 Å². The molecule has 0 fully saturated rings. The van der Waals surface area contributed by atoms with Crippen LogP contribution < -0.4 is 0 Å². The number of ketones is 1. The van der Waals surface area contributed by atoms with E-state index in [1.165, 1.54) is 18.2 Å². The van der Waals surface area contributed by atoms with Gasteiger partial charge in [0.05, 0.1) is 11.3 Å². The molecule has 0 saturated heterocycles. The summed E-state index contributed by atoms with van der Waals surface area (Å²) in [4.78, 5) is 11.6. The summed E-state index contributed by atoms with van der Waals surface area (Å²) in [6, 6.07) is 5.79. The van der Waals surface area contributed by atoms with Gasteiger partial charge in [-0.15, -0.1) is 0 Å². The highest BCUT2D eigenvalue weighted by Crippen LogP contribution is 2.08. The molecule has 0 N–H and O–H groups in total. The Balaban J connectivity index is 2.59. The highest BCUT2D eigenvalue weighted by atomic mass is 32.2. The molecule has 88 valence electrons. The summed E-state index contributed by atoms with van der Waals surface area (Å²) in [6.07, 6.45) is 1.77. The summed E-state index contributed by atoms with van der Waals surface area (Å²) < 4.78 is 24.7. The normalized spacial score (nSPS) is 12.4. The fourth-order valence-electron chi connectivity index (χ4n) is 1.29. The Morgan fingerprint density at radius 1 is 1.38 bits per heavy atom. The monoisotopic (exact) mass is 242 g/mol. The zero-order chi connectivity index (χ0) is 12.0. The first-order valence-corrected chi connectivity index (χ1v) is 6.76. The third-order valence-corrected chi connectivity index (χ3v) is 3.52. The number of rotatable bonds is 6. The maximum atomic E-state index is 13.2. The fourth-order valence-corrected chi connectivity index (χ4v) is 2.49. The van der Waals surface area contributed by atoms with Gasteiger partial charge in [0.1, 0.15) is 5.82 Å². The smallest absolute Gasteiger partial charge is 0.178 e. The average molecular weight is 242 g/mol. The second-order valence-electron chi connectivity index (χ2n) is 3.54. The summed E-state index contributed by atoms with van der Waals surface area (Å²) in [5, 5.41) is 0. The van der Waals surface area contributed by atoms with Crippen molar-refractivity contribution in [2.75, 3.05) is 11.5 Å². The Bertz CT molecular complexity index is 390. The number of unbranched alkanes of at least 4 members (excludes halogenated alkanes) is 1. The van der Waals surface area contributed by atoms with E-state index in [2.05, 4.69) is 0 Å². The van der Waals surface area contributed by atoms with Gasteiger partial charge in [-0.25, -0.2) is 4.39 Å². The molecular formula is C12H15FO2S. The van der Waals surface area contributed by atoms with Crippen LogP contribution in [-0.2, 0) is 10.8 Å². The molecule has 0 heterocycles. The third kappa shape index (κ3) is 3.85. The molecule has 4 heteroatoms. The summed E-state index contributed by atoms with van der Waals surface area (Å²) in [6.45, 7) is 2.00. The van der Waals surface area contributed by atoms with E-state index in [0.29, 0.717) is 5.75 Å². The molecule has 0 radical (unpaired) electrons. The number of halogens is 1. The van der Waals surface area contributed by atoms with Gasteiger partial charge in [-0.05, 0) is 18.6 Å². The van der Waals surface area contributed by atoms with Gasteiger partial charge < -0.3 is 0 Å². The van der Waals surface area contributed by atoms with Crippen molar-refractivity contribution in [2.45, 2.75) is 19.8 Å². The summed E-state index contributed by atoms with van der Waals surface area (Å²) in [7, 11) is -1.17. The molecule has 1 atom stereocenters. The lowest BCUT2D eigenvalue weighted by atomic mass is 10.1. The van der Waals surface area contributed by atoms with Gasteiger partial charge in [-0.2, -0.15) is 0 Å². The van der Waals surface area contributed by atoms with Crippen LogP contribution in [0.5, 0.6) is 0 Å². The number of hydrogen-bond acceptors (Lipinski definition) is 2. The van der Waals surface area contributed by atoms with E-state index in [1.807, 2.05) is 6.92 Å². The van der Waals surface area contributed by atoms with Crippen LogP contribution in [0.1, 0.15) is 30.1 Å². The van der Waals surface area contributed by atoms with Crippen LogP contribution in [0.3, 0.4) is 0 Å². The minimum absolute atomic E-state index is 0.0346. The molecule has 0 amide bonds. The minimum atomic E-state index is -1.17. The average Bonchev–Trinajstić information content (AvgIpc) is 2.26. The standard InChI is InChI=1S/C12H15FO2S/c1-2-3-8-16(15)9-12(14)10-6-4-5-7-11(10)13/h4-7H,2-3,8-9H2,1H3. The Hall–Kier alpha value is -1.03. The Morgan fingerprint density at radius 2 is 2.06 bits per heavy atom. The number of carbonyl (C=O) groups is 1. The molecule has 1 aromatic carbocycles. The summed E-state index contributed by atoms with van der Waals surface area (Å²) >= 11 is 0. The second kappa shape index (κ2) is 6.53. The van der Waals surface area contributed by atoms with Gasteiger partial charge in [0.2, 0.25) is 0 Å². The first kappa shape index (κ1) is 13.0. The van der Waals surface area contributed by atoms with Crippen molar-refractivity contribution in [3.63, 3.8) is 0 Å². The van der Waals surface area contributed by atoms with Crippen molar-refractivity contribution in [1.29, 1.82) is 0 Å². The first-order valence-electron chi connectivity index (χ1n) is 5.28. The molecule has 0 bridgehead atoms. The van der Waals surface area contributed by atoms with Gasteiger partial charge in [-0.3, -0.25) is 9.00 Å². The van der Waals surface area contributed by atoms with Crippen LogP contribution in [-0.4, -0.2) is 21.5 Å². The molecule has 16 heavy (non-hydrogen) atoms. The molecular weight excluding hydrogens is 227 g/mol. The van der Waals surface area contributed by atoms with Gasteiger partial charge in [0, 0.05) is 16.6 Å². The second-order valence-corrected chi connectivity index (χ2v) is 5.12. The predicted octanol–water partition coefficient (Wildman–Crippen LogP) is 2.56. The molecule has 1 aromatic rings. The van der Waals surface area contributed by atoms with Crippen molar-refractivity contribution < 1.29 is 13.4 Å². The third-order valence-electron chi connectivity index (χ3n) is 2.19. The lowest BCUT2D eigenvalue weighted by Gasteiger charge is -2.02. The van der Waals surface area contributed by atoms with E-state index >= 15 is 0 Å². The zero-order valence-electron chi connectivity index (χ0n) is 9.24. The maximum Gasteiger partial charge on any atom is 0.178 e. The lowest BCUT2D eigenvalue weighted by Crippen LogP contribution is -2.14. The lowest BCUT2D eigenvalue weighted by molar-refractivity contribution is 0.101. The minimum Gasteiger partial charge on any atom is -0.293 e. The molecule has 0 aliphatic carbocycles. The molecule has 2 nitrogen and oxygen atoms in total. The van der Waals surface area contributed by atoms with Crippen LogP contribution in [0.4, 0.5) is 4.39 Å². The van der Waals surface area contributed by atoms with Crippen molar-refractivity contribution in [3.8, 4) is 0 Å². The molecule has 1 unspecified atom stereocenters. The SMILES string of the molecule is CCCCS(=O)CC(=O)c1ccccc1F. The number of benzene rings is 1. The van der Waals surface area contributed by atoms with E-state index < -0.39 is 16.6 Å². The Labute approximate surface area is 97.3 Å². The van der Waals surface area contributed by atoms with Crippen LogP contribution in [0.25, 0.3) is 0 Å². The molecule has 0 aliphatic rings. The maximum absolute atomic E-state index is 13.2. The molecule has 0 aliphatic heterocycles. The number of Topliss-reactive ketones (excluding diaryl/α,β-unsaturated/α-hetero) is 1. The van der Waals surface area contributed by atoms with E-state index in [1.54, 1.807) is 6.07 Å². The van der Waals surface area contributed by atoms with Gasteiger partial charge in [0.25, 0.3) is 0 Å². The predicted molar refractivity (Wildman–Crippen MR) is 63.5 cm³/mol. The van der Waals surface area contributed by atoms with Crippen molar-refractivity contribution in [3.05, 3.63) is 35.6 Å². The van der Waals surface area contributed by atoms with Gasteiger partial charge in [0.15, 0.2) is 5.78 Å². The summed E-state index contributed by atoms with van der Waals surface area (Å²) in [5.41, 5.74) is 0.0346. The van der Waals surface area contributed by atoms with E-state index in [9.17, 15) is 13.4 Å². The quantitative estimate of drug-likeness (QED) is 0.718. The van der Waals surface area contributed by atoms with Crippen molar-refractivity contribution >= 4 is 16.6 Å². The summed E-state index contributed by atoms with van der Waals surface area (Å²) in [5.74, 6) is -0.495. The topological polar surface area (TPSA) is 34.1 Å². The highest BCUT2D eigenvalue weighted by molar-refractivity contribution is 7.85. The van der Waals surface area contributed by atoms with E-state index in [4.69, 9.17) is 0 Å². The van der Waals surface area contributed by atoms with Crippen LogP contribution in [0.2, 0.25) is 0 Å². The molecule has 0 aromatic heterocycles. The molecule has 0 saturated carbocycles. The van der Waals surface area contributed by atoms with Crippen LogP contribution in [0, 0.1) is 5.82 Å². The highest BCUT2D eigenvalue weighted by Gasteiger charge is 2.13. The Morgan fingerprint density at radius 3 is 2.69 bits per heavy atom. The molecule has 0 spiro atoms. The van der Waals surface area contributed by atoms with Gasteiger partial charge in [-0.1, -0.05) is 25.5 Å². The van der Waals surface area contributed by atoms with Crippen LogP contribution >= 0.6 is 0 Å². The van der Waals surface area contributed by atoms with Crippen molar-refractivity contribution in [1.82, 2.24) is 0 Å². The van der Waals surface area contributed by atoms with Crippen molar-refractivity contribution in [2.24, 2.45) is 0 Å².